The fraction of sp³-hybridized carbons (Fsp3) is 0.421. The predicted molar refractivity (Wildman–Crippen MR) is 90.8 cm³/mol. The van der Waals surface area contributed by atoms with Gasteiger partial charge in [0, 0.05) is 12.6 Å². The highest BCUT2D eigenvalue weighted by Gasteiger charge is 2.24. The summed E-state index contributed by atoms with van der Waals surface area (Å²) in [6.45, 7) is 4.33. The second-order valence-electron chi connectivity index (χ2n) is 6.09. The van der Waals surface area contributed by atoms with Gasteiger partial charge in [0.25, 0.3) is 5.91 Å². The third kappa shape index (κ3) is 4.69. The lowest BCUT2D eigenvalue weighted by atomic mass is 10.0. The van der Waals surface area contributed by atoms with Gasteiger partial charge in [-0.05, 0) is 44.7 Å². The van der Waals surface area contributed by atoms with Crippen molar-refractivity contribution >= 4 is 18.0 Å². The van der Waals surface area contributed by atoms with E-state index in [1.54, 1.807) is 4.90 Å². The van der Waals surface area contributed by atoms with E-state index < -0.39 is 5.97 Å². The number of amides is 1. The molecule has 5 heteroatoms. The summed E-state index contributed by atoms with van der Waals surface area (Å²) < 4.78 is 5.03. The Morgan fingerprint density at radius 3 is 2.67 bits per heavy atom. The zero-order valence-electron chi connectivity index (χ0n) is 14.1. The Bertz CT molecular complexity index is 671. The Kier molecular flexibility index (Phi) is 6.14. The number of ether oxygens (including phenoxy) is 1. The molecule has 1 heterocycles. The molecule has 1 fully saturated rings. The topological polar surface area (TPSA) is 70.4 Å². The third-order valence-corrected chi connectivity index (χ3v) is 4.18. The van der Waals surface area contributed by atoms with Gasteiger partial charge in [0.05, 0.1) is 0 Å². The first-order valence-corrected chi connectivity index (χ1v) is 8.16. The van der Waals surface area contributed by atoms with Crippen molar-refractivity contribution in [2.24, 2.45) is 0 Å². The minimum Gasteiger partial charge on any atom is -0.451 e. The number of hydrogen-bond donors (Lipinski definition) is 0. The van der Waals surface area contributed by atoms with Crippen LogP contribution < -0.4 is 0 Å². The summed E-state index contributed by atoms with van der Waals surface area (Å²) in [7, 11) is 0. The van der Waals surface area contributed by atoms with Crippen molar-refractivity contribution in [1.82, 2.24) is 4.90 Å². The molecular weight excluding hydrogens is 304 g/mol. The lowest BCUT2D eigenvalue weighted by Crippen LogP contribution is -2.44. The molecule has 1 aliphatic heterocycles. The van der Waals surface area contributed by atoms with Gasteiger partial charge >= 0.3 is 5.97 Å². The summed E-state index contributed by atoms with van der Waals surface area (Å²) >= 11 is 0. The van der Waals surface area contributed by atoms with Gasteiger partial charge in [-0.25, -0.2) is 4.79 Å². The molecular formula is C19H22N2O3. The van der Waals surface area contributed by atoms with Crippen LogP contribution in [-0.2, 0) is 14.3 Å². The number of likely N-dealkylation sites (tertiary alicyclic amines) is 1. The third-order valence-electron chi connectivity index (χ3n) is 4.18. The maximum absolute atomic E-state index is 12.2. The number of hydrogen-bond acceptors (Lipinski definition) is 4. The fourth-order valence-corrected chi connectivity index (χ4v) is 2.72. The Morgan fingerprint density at radius 2 is 2.04 bits per heavy atom. The number of carbonyl (C=O) groups excluding carboxylic acids is 2. The molecule has 5 nitrogen and oxygen atoms in total. The SMILES string of the molecule is Cc1ccc(/C=C(\C#N)C(=O)OCC(=O)N2CCCC[C@@H]2C)cc1. The van der Waals surface area contributed by atoms with Crippen LogP contribution in [0.2, 0.25) is 0 Å². The molecule has 2 rings (SSSR count). The molecule has 0 aromatic heterocycles. The molecule has 0 bridgehead atoms. The first-order chi connectivity index (χ1) is 11.5. The number of benzene rings is 1. The van der Waals surface area contributed by atoms with Crippen LogP contribution in [0.5, 0.6) is 0 Å². The molecule has 24 heavy (non-hydrogen) atoms. The molecule has 126 valence electrons. The maximum Gasteiger partial charge on any atom is 0.349 e. The van der Waals surface area contributed by atoms with Crippen LogP contribution in [0, 0.1) is 18.3 Å². The number of rotatable bonds is 4. The summed E-state index contributed by atoms with van der Waals surface area (Å²) in [6.07, 6.45) is 4.52. The smallest absolute Gasteiger partial charge is 0.349 e. The van der Waals surface area contributed by atoms with Crippen molar-refractivity contribution < 1.29 is 14.3 Å². The molecule has 0 spiro atoms. The van der Waals surface area contributed by atoms with E-state index in [-0.39, 0.29) is 24.1 Å². The average Bonchev–Trinajstić information content (AvgIpc) is 2.59. The molecule has 0 saturated carbocycles. The van der Waals surface area contributed by atoms with Gasteiger partial charge < -0.3 is 9.64 Å². The number of carbonyl (C=O) groups is 2. The van der Waals surface area contributed by atoms with E-state index in [4.69, 9.17) is 10.00 Å². The van der Waals surface area contributed by atoms with Gasteiger partial charge in [0.1, 0.15) is 11.6 Å². The van der Waals surface area contributed by atoms with Gasteiger partial charge in [-0.15, -0.1) is 0 Å². The second-order valence-corrected chi connectivity index (χ2v) is 6.09. The van der Waals surface area contributed by atoms with Gasteiger partial charge in [0.15, 0.2) is 6.61 Å². The first-order valence-electron chi connectivity index (χ1n) is 8.16. The second kappa shape index (κ2) is 8.30. The standard InChI is InChI=1S/C19H22N2O3/c1-14-6-8-16(9-7-14)11-17(12-20)19(23)24-13-18(22)21-10-4-3-5-15(21)2/h6-9,11,15H,3-5,10,13H2,1-2H3/b17-11+/t15-/m0/s1. The zero-order valence-corrected chi connectivity index (χ0v) is 14.1. The van der Waals surface area contributed by atoms with E-state index in [2.05, 4.69) is 0 Å². The van der Waals surface area contributed by atoms with Gasteiger partial charge in [-0.1, -0.05) is 29.8 Å². The lowest BCUT2D eigenvalue weighted by Gasteiger charge is -2.33. The first kappa shape index (κ1) is 17.7. The Balaban J connectivity index is 1.95. The zero-order chi connectivity index (χ0) is 17.5. The molecule has 0 unspecified atom stereocenters. The monoisotopic (exact) mass is 326 g/mol. The summed E-state index contributed by atoms with van der Waals surface area (Å²) in [4.78, 5) is 25.9. The Labute approximate surface area is 142 Å². The molecule has 0 N–H and O–H groups in total. The van der Waals surface area contributed by atoms with Crippen LogP contribution in [0.3, 0.4) is 0 Å². The molecule has 1 aromatic rings. The number of esters is 1. The number of piperidine rings is 1. The highest BCUT2D eigenvalue weighted by atomic mass is 16.5. The summed E-state index contributed by atoms with van der Waals surface area (Å²) in [6, 6.07) is 9.44. The van der Waals surface area contributed by atoms with Crippen molar-refractivity contribution in [1.29, 1.82) is 5.26 Å². The highest BCUT2D eigenvalue weighted by Crippen LogP contribution is 2.16. The fourth-order valence-electron chi connectivity index (χ4n) is 2.72. The largest absolute Gasteiger partial charge is 0.451 e. The number of nitrogens with zero attached hydrogens (tertiary/aromatic N) is 2. The van der Waals surface area contributed by atoms with E-state index >= 15 is 0 Å². The average molecular weight is 326 g/mol. The van der Waals surface area contributed by atoms with Gasteiger partial charge in [0.2, 0.25) is 0 Å². The van der Waals surface area contributed by atoms with Crippen molar-refractivity contribution in [2.75, 3.05) is 13.2 Å². The minimum atomic E-state index is -0.768. The van der Waals surface area contributed by atoms with Crippen molar-refractivity contribution in [2.45, 2.75) is 39.2 Å². The normalized spacial score (nSPS) is 18.0. The Morgan fingerprint density at radius 1 is 1.33 bits per heavy atom. The van der Waals surface area contributed by atoms with Crippen LogP contribution in [0.1, 0.15) is 37.3 Å². The van der Waals surface area contributed by atoms with Crippen LogP contribution in [0.25, 0.3) is 6.08 Å². The van der Waals surface area contributed by atoms with E-state index in [1.165, 1.54) is 6.08 Å². The molecule has 1 amide bonds. The number of nitriles is 1. The summed E-state index contributed by atoms with van der Waals surface area (Å²) in [5.74, 6) is -0.973. The quantitative estimate of drug-likeness (QED) is 0.484. The van der Waals surface area contributed by atoms with E-state index in [1.807, 2.05) is 44.2 Å². The molecule has 0 radical (unpaired) electrons. The molecule has 0 aliphatic carbocycles. The molecule has 1 aliphatic rings. The van der Waals surface area contributed by atoms with Crippen LogP contribution in [0.15, 0.2) is 29.8 Å². The van der Waals surface area contributed by atoms with Crippen molar-refractivity contribution in [3.05, 3.63) is 41.0 Å². The molecule has 1 saturated heterocycles. The lowest BCUT2D eigenvalue weighted by molar-refractivity contribution is -0.150. The van der Waals surface area contributed by atoms with Crippen molar-refractivity contribution in [3.63, 3.8) is 0 Å². The molecule has 1 atom stereocenters. The van der Waals surface area contributed by atoms with E-state index in [9.17, 15) is 9.59 Å². The van der Waals surface area contributed by atoms with E-state index in [0.717, 1.165) is 30.4 Å². The Hall–Kier alpha value is -2.61. The molecule has 1 aromatic carbocycles. The van der Waals surface area contributed by atoms with Crippen LogP contribution >= 0.6 is 0 Å². The highest BCUT2D eigenvalue weighted by molar-refractivity contribution is 5.98. The minimum absolute atomic E-state index is 0.113. The maximum atomic E-state index is 12.2. The number of aryl methyl sites for hydroxylation is 1. The van der Waals surface area contributed by atoms with Gasteiger partial charge in [-0.3, -0.25) is 4.79 Å². The van der Waals surface area contributed by atoms with Gasteiger partial charge in [-0.2, -0.15) is 5.26 Å². The summed E-state index contributed by atoms with van der Waals surface area (Å²) in [5, 5.41) is 9.15. The van der Waals surface area contributed by atoms with Crippen LogP contribution in [-0.4, -0.2) is 36.0 Å². The predicted octanol–water partition coefficient (Wildman–Crippen LogP) is 2.85. The van der Waals surface area contributed by atoms with Crippen molar-refractivity contribution in [3.8, 4) is 6.07 Å². The van der Waals surface area contributed by atoms with Crippen LogP contribution in [0.4, 0.5) is 0 Å². The van der Waals surface area contributed by atoms with E-state index in [0.29, 0.717) is 6.54 Å². The summed E-state index contributed by atoms with van der Waals surface area (Å²) in [5.41, 5.74) is 1.72.